The Morgan fingerprint density at radius 3 is 2.25 bits per heavy atom. The number of rotatable bonds is 6. The zero-order valence-corrected chi connectivity index (χ0v) is 21.8. The van der Waals surface area contributed by atoms with E-state index in [2.05, 4.69) is 10.6 Å². The Hall–Kier alpha value is -3.96. The Morgan fingerprint density at radius 2 is 1.70 bits per heavy atom. The summed E-state index contributed by atoms with van der Waals surface area (Å²) >= 11 is 0. The fourth-order valence-corrected chi connectivity index (χ4v) is 5.53. The SMILES string of the molecule is CC(C)[C@@H](NC(=O)c1cc(C(F)(F)F)ccc1F)C(=O)N1CCC2(CC1)C(=O)NCC2c1ccc(C(=O)O)cc1. The summed E-state index contributed by atoms with van der Waals surface area (Å²) in [6.45, 7) is 4.04. The molecule has 0 bridgehead atoms. The number of nitrogens with one attached hydrogen (secondary N) is 2. The average molecular weight is 564 g/mol. The lowest BCUT2D eigenvalue weighted by molar-refractivity contribution is -0.141. The highest BCUT2D eigenvalue weighted by Crippen LogP contribution is 2.47. The van der Waals surface area contributed by atoms with Gasteiger partial charge in [0.25, 0.3) is 5.91 Å². The molecule has 0 aromatic heterocycles. The van der Waals surface area contributed by atoms with Gasteiger partial charge in [0.2, 0.25) is 11.8 Å². The van der Waals surface area contributed by atoms with E-state index >= 15 is 0 Å². The van der Waals surface area contributed by atoms with Crippen LogP contribution in [0.2, 0.25) is 0 Å². The summed E-state index contributed by atoms with van der Waals surface area (Å²) in [5, 5.41) is 14.5. The number of amides is 3. The Bertz CT molecular complexity index is 1320. The minimum Gasteiger partial charge on any atom is -0.478 e. The van der Waals surface area contributed by atoms with E-state index < -0.39 is 58.3 Å². The van der Waals surface area contributed by atoms with Gasteiger partial charge in [0.15, 0.2) is 0 Å². The van der Waals surface area contributed by atoms with Gasteiger partial charge in [0.1, 0.15) is 11.9 Å². The van der Waals surface area contributed by atoms with Crippen molar-refractivity contribution in [3.05, 3.63) is 70.5 Å². The van der Waals surface area contributed by atoms with E-state index in [1.54, 1.807) is 26.0 Å². The molecule has 0 saturated carbocycles. The van der Waals surface area contributed by atoms with Crippen molar-refractivity contribution in [2.75, 3.05) is 19.6 Å². The molecule has 1 spiro atoms. The van der Waals surface area contributed by atoms with Crippen LogP contribution in [0.1, 0.15) is 64.4 Å². The summed E-state index contributed by atoms with van der Waals surface area (Å²) in [5.41, 5.74) is -1.87. The Labute approximate surface area is 227 Å². The monoisotopic (exact) mass is 563 g/mol. The van der Waals surface area contributed by atoms with Crippen LogP contribution in [0.15, 0.2) is 42.5 Å². The number of carbonyl (C=O) groups excluding carboxylic acids is 3. The maximum absolute atomic E-state index is 14.3. The smallest absolute Gasteiger partial charge is 0.416 e. The van der Waals surface area contributed by atoms with Crippen LogP contribution in [0.25, 0.3) is 0 Å². The second-order valence-corrected chi connectivity index (χ2v) is 10.6. The van der Waals surface area contributed by atoms with Crippen LogP contribution in [-0.4, -0.2) is 59.4 Å². The molecule has 12 heteroatoms. The highest BCUT2D eigenvalue weighted by molar-refractivity contribution is 5.98. The van der Waals surface area contributed by atoms with Gasteiger partial charge >= 0.3 is 12.1 Å². The van der Waals surface area contributed by atoms with Crippen molar-refractivity contribution in [1.82, 2.24) is 15.5 Å². The van der Waals surface area contributed by atoms with Crippen LogP contribution in [0.4, 0.5) is 17.6 Å². The van der Waals surface area contributed by atoms with E-state index in [9.17, 15) is 41.8 Å². The van der Waals surface area contributed by atoms with E-state index in [1.807, 2.05) is 0 Å². The van der Waals surface area contributed by atoms with Crippen molar-refractivity contribution >= 4 is 23.7 Å². The minimum atomic E-state index is -4.78. The number of benzene rings is 2. The molecule has 3 amide bonds. The van der Waals surface area contributed by atoms with Gasteiger partial charge < -0.3 is 20.6 Å². The predicted molar refractivity (Wildman–Crippen MR) is 135 cm³/mol. The molecule has 2 fully saturated rings. The third kappa shape index (κ3) is 5.52. The second kappa shape index (κ2) is 10.9. The molecule has 4 rings (SSSR count). The van der Waals surface area contributed by atoms with E-state index in [-0.39, 0.29) is 30.5 Å². The third-order valence-electron chi connectivity index (χ3n) is 7.87. The number of nitrogens with zero attached hydrogens (tertiary/aromatic N) is 1. The van der Waals surface area contributed by atoms with Crippen molar-refractivity contribution < 1.29 is 41.8 Å². The molecule has 8 nitrogen and oxygen atoms in total. The van der Waals surface area contributed by atoms with Crippen molar-refractivity contribution in [3.63, 3.8) is 0 Å². The lowest BCUT2D eigenvalue weighted by Gasteiger charge is -2.42. The van der Waals surface area contributed by atoms with Gasteiger partial charge in [-0.1, -0.05) is 26.0 Å². The molecule has 40 heavy (non-hydrogen) atoms. The molecule has 2 aliphatic rings. The molecule has 0 radical (unpaired) electrons. The first-order valence-electron chi connectivity index (χ1n) is 12.8. The van der Waals surface area contributed by atoms with Crippen molar-refractivity contribution in [2.24, 2.45) is 11.3 Å². The van der Waals surface area contributed by atoms with Gasteiger partial charge in [-0.3, -0.25) is 14.4 Å². The maximum atomic E-state index is 14.3. The largest absolute Gasteiger partial charge is 0.478 e. The fraction of sp³-hybridized carbons (Fsp3) is 0.429. The summed E-state index contributed by atoms with van der Waals surface area (Å²) in [5.74, 6) is -4.66. The van der Waals surface area contributed by atoms with Gasteiger partial charge in [-0.05, 0) is 54.7 Å². The van der Waals surface area contributed by atoms with Crippen molar-refractivity contribution in [2.45, 2.75) is 44.8 Å². The lowest BCUT2D eigenvalue weighted by Crippen LogP contribution is -2.55. The van der Waals surface area contributed by atoms with Gasteiger partial charge in [0, 0.05) is 25.6 Å². The van der Waals surface area contributed by atoms with Gasteiger partial charge in [-0.25, -0.2) is 9.18 Å². The third-order valence-corrected chi connectivity index (χ3v) is 7.87. The molecule has 2 aromatic rings. The molecule has 1 unspecified atom stereocenters. The number of hydrogen-bond donors (Lipinski definition) is 3. The fourth-order valence-electron chi connectivity index (χ4n) is 5.53. The quantitative estimate of drug-likeness (QED) is 0.463. The van der Waals surface area contributed by atoms with Crippen LogP contribution < -0.4 is 10.6 Å². The molecule has 2 aliphatic heterocycles. The first-order valence-corrected chi connectivity index (χ1v) is 12.8. The average Bonchev–Trinajstić information content (AvgIpc) is 3.21. The normalized spacial score (nSPS) is 19.4. The van der Waals surface area contributed by atoms with Crippen LogP contribution in [-0.2, 0) is 15.8 Å². The zero-order chi connectivity index (χ0) is 29.4. The van der Waals surface area contributed by atoms with E-state index in [4.69, 9.17) is 0 Å². The molecular weight excluding hydrogens is 534 g/mol. The molecule has 3 N–H and O–H groups in total. The number of piperidine rings is 1. The van der Waals surface area contributed by atoms with E-state index in [0.29, 0.717) is 37.6 Å². The lowest BCUT2D eigenvalue weighted by atomic mass is 9.67. The first kappa shape index (κ1) is 29.0. The highest BCUT2D eigenvalue weighted by atomic mass is 19.4. The standard InChI is InChI=1S/C28H29F4N3O5/c1-15(2)22(34-23(36)19-13-18(28(30,31)32)7-8-21(19)29)24(37)35-11-9-27(10-12-35)20(14-33-26(27)40)16-3-5-17(6-4-16)25(38)39/h3-8,13,15,20,22H,9-12,14H2,1-2H3,(H,33,40)(H,34,36)(H,38,39)/t20?,22-/m1/s1. The number of halogens is 4. The van der Waals surface area contributed by atoms with Crippen LogP contribution in [0.3, 0.4) is 0 Å². The van der Waals surface area contributed by atoms with Gasteiger partial charge in [0.05, 0.1) is 22.1 Å². The van der Waals surface area contributed by atoms with E-state index in [0.717, 1.165) is 5.56 Å². The number of carboxylic acid groups (broad SMARTS) is 1. The minimum absolute atomic E-state index is 0.127. The maximum Gasteiger partial charge on any atom is 0.416 e. The Kier molecular flexibility index (Phi) is 7.91. The number of hydrogen-bond acceptors (Lipinski definition) is 4. The second-order valence-electron chi connectivity index (χ2n) is 10.6. The summed E-state index contributed by atoms with van der Waals surface area (Å²) in [7, 11) is 0. The summed E-state index contributed by atoms with van der Waals surface area (Å²) in [6.07, 6.45) is -4.14. The molecule has 2 heterocycles. The van der Waals surface area contributed by atoms with Gasteiger partial charge in [-0.15, -0.1) is 0 Å². The zero-order valence-electron chi connectivity index (χ0n) is 21.8. The molecule has 2 saturated heterocycles. The van der Waals surface area contributed by atoms with E-state index in [1.165, 1.54) is 17.0 Å². The number of carboxylic acids is 1. The van der Waals surface area contributed by atoms with Crippen LogP contribution >= 0.6 is 0 Å². The number of alkyl halides is 3. The summed E-state index contributed by atoms with van der Waals surface area (Å²) < 4.78 is 53.6. The molecule has 214 valence electrons. The molecule has 2 atom stereocenters. The molecular formula is C28H29F4N3O5. The van der Waals surface area contributed by atoms with Crippen molar-refractivity contribution in [3.8, 4) is 0 Å². The molecule has 0 aliphatic carbocycles. The first-order chi connectivity index (χ1) is 18.7. The number of carbonyl (C=O) groups is 4. The topological polar surface area (TPSA) is 116 Å². The van der Waals surface area contributed by atoms with Crippen LogP contribution in [0, 0.1) is 17.2 Å². The predicted octanol–water partition coefficient (Wildman–Crippen LogP) is 3.82. The van der Waals surface area contributed by atoms with Crippen molar-refractivity contribution in [1.29, 1.82) is 0 Å². The van der Waals surface area contributed by atoms with Crippen LogP contribution in [0.5, 0.6) is 0 Å². The highest BCUT2D eigenvalue weighted by Gasteiger charge is 2.52. The number of likely N-dealkylation sites (tertiary alicyclic amines) is 1. The molecule has 2 aromatic carbocycles. The Balaban J connectivity index is 1.48. The van der Waals surface area contributed by atoms with Gasteiger partial charge in [-0.2, -0.15) is 13.2 Å². The summed E-state index contributed by atoms with van der Waals surface area (Å²) in [4.78, 5) is 51.9. The summed E-state index contributed by atoms with van der Waals surface area (Å²) in [6, 6.07) is 6.72. The number of aromatic carboxylic acids is 1. The Morgan fingerprint density at radius 1 is 1.07 bits per heavy atom.